The van der Waals surface area contributed by atoms with Gasteiger partial charge in [-0.25, -0.2) is 0 Å². The monoisotopic (exact) mass is 986 g/mol. The van der Waals surface area contributed by atoms with Crippen molar-refractivity contribution in [3.8, 4) is 0 Å². The standard InChI is InChI=1S/C37H62O30/c1-55-31-24(54)30-13(7-43)61-37(31)67-29-12(6-42)60-35(23(53)18(29)48)65-27-10(4-40)58-33(21(51)16(27)46)63-25-8(2-38)56-32(19(49)14(25)44)62-26-9(3-39)57-34(20(50)15(26)45)64-28-11(5-41)59-36(66-30)22(52)17(28)47/h8-54H,2-7H2,1H3/t8-,9-,10-,11-,12-,13-,14-,15-,16-,17-,18-,19-,20-,21-,22-,23-,24+,25-,26-,27-,28-,29-,30-,31-,32-,33-,34-,35-,36-,37-/m1/s1. The number of hydrogen-bond donors (Lipinski definition) is 17. The quantitative estimate of drug-likeness (QED) is 0.113. The van der Waals surface area contributed by atoms with Gasteiger partial charge in [-0.2, -0.15) is 0 Å². The zero-order chi connectivity index (χ0) is 48.8. The highest BCUT2D eigenvalue weighted by molar-refractivity contribution is 5.01. The summed E-state index contributed by atoms with van der Waals surface area (Å²) in [4.78, 5) is 0. The fraction of sp³-hybridized carbons (Fsp3) is 1.00. The van der Waals surface area contributed by atoms with Gasteiger partial charge >= 0.3 is 0 Å². The maximum Gasteiger partial charge on any atom is 0.187 e. The Kier molecular flexibility index (Phi) is 18.2. The summed E-state index contributed by atoms with van der Waals surface area (Å²) in [6.07, 6.45) is -56.6. The Hall–Kier alpha value is -1.20. The van der Waals surface area contributed by atoms with Crippen LogP contribution in [0.2, 0.25) is 0 Å². The van der Waals surface area contributed by atoms with Gasteiger partial charge < -0.3 is 148 Å². The van der Waals surface area contributed by atoms with Gasteiger partial charge in [0.25, 0.3) is 0 Å². The molecule has 16 aliphatic rings. The van der Waals surface area contributed by atoms with Gasteiger partial charge in [-0.05, 0) is 0 Å². The summed E-state index contributed by atoms with van der Waals surface area (Å²) in [6.45, 7) is -5.83. The summed E-state index contributed by atoms with van der Waals surface area (Å²) in [6, 6.07) is 0. The van der Waals surface area contributed by atoms with E-state index in [4.69, 9.17) is 61.6 Å². The van der Waals surface area contributed by atoms with Gasteiger partial charge in [0.1, 0.15) is 146 Å². The third kappa shape index (κ3) is 10.4. The number of rotatable bonds is 7. The van der Waals surface area contributed by atoms with E-state index >= 15 is 0 Å². The van der Waals surface area contributed by atoms with E-state index in [1.807, 2.05) is 0 Å². The molecule has 30 heteroatoms. The first-order valence-electron chi connectivity index (χ1n) is 21.5. The highest BCUT2D eigenvalue weighted by atomic mass is 16.8. The Labute approximate surface area is 379 Å². The highest BCUT2D eigenvalue weighted by Crippen LogP contribution is 2.38. The van der Waals surface area contributed by atoms with Crippen LogP contribution >= 0.6 is 0 Å². The number of hydrogen-bond acceptors (Lipinski definition) is 30. The zero-order valence-corrected chi connectivity index (χ0v) is 35.5. The molecule has 16 rings (SSSR count). The van der Waals surface area contributed by atoms with Crippen molar-refractivity contribution in [1.82, 2.24) is 0 Å². The maximum atomic E-state index is 11.5. The maximum absolute atomic E-state index is 11.5. The van der Waals surface area contributed by atoms with E-state index in [0.717, 1.165) is 7.11 Å². The Morgan fingerprint density at radius 3 is 0.627 bits per heavy atom. The van der Waals surface area contributed by atoms with Crippen LogP contribution in [0.15, 0.2) is 0 Å². The molecule has 12 bridgehead atoms. The van der Waals surface area contributed by atoms with E-state index in [1.165, 1.54) is 0 Å². The van der Waals surface area contributed by atoms with Crippen molar-refractivity contribution in [1.29, 1.82) is 0 Å². The summed E-state index contributed by atoms with van der Waals surface area (Å²) >= 11 is 0. The van der Waals surface area contributed by atoms with Crippen LogP contribution in [0.1, 0.15) is 0 Å². The minimum absolute atomic E-state index is 0.940. The molecule has 16 saturated heterocycles. The molecule has 0 aromatic rings. The van der Waals surface area contributed by atoms with Crippen LogP contribution < -0.4 is 0 Å². The first kappa shape index (κ1) is 53.6. The predicted octanol–water partition coefficient (Wildman–Crippen LogP) is -12.4. The summed E-state index contributed by atoms with van der Waals surface area (Å²) in [7, 11) is 1.09. The van der Waals surface area contributed by atoms with E-state index in [0.29, 0.717) is 0 Å². The molecule has 0 aliphatic carbocycles. The second-order valence-electron chi connectivity index (χ2n) is 17.1. The molecule has 0 saturated carbocycles. The molecule has 0 aromatic carbocycles. The molecule has 17 N–H and O–H groups in total. The van der Waals surface area contributed by atoms with Crippen molar-refractivity contribution in [2.45, 2.75) is 184 Å². The Morgan fingerprint density at radius 2 is 0.433 bits per heavy atom. The van der Waals surface area contributed by atoms with Crippen LogP contribution in [0.25, 0.3) is 0 Å². The van der Waals surface area contributed by atoms with Crippen molar-refractivity contribution in [2.75, 3.05) is 46.8 Å². The lowest BCUT2D eigenvalue weighted by Gasteiger charge is -2.51. The average Bonchev–Trinajstić information content (AvgIpc) is 3.32. The zero-order valence-electron chi connectivity index (χ0n) is 35.5. The molecule has 67 heavy (non-hydrogen) atoms. The van der Waals surface area contributed by atoms with E-state index < -0.39 is 224 Å². The van der Waals surface area contributed by atoms with E-state index in [1.54, 1.807) is 0 Å². The SMILES string of the molecule is CO[C@H]1[C@H]2O[C@H]3[C@H](O)[C@@H](O)[C@@H](O[C@H]4[C@H](O)[C@@H](O)[C@@H](O[C@H]5[C@H](O)[C@@H](O)[C@@H](O[C@H]6[C@H](O)[C@@H](O)[C@@H](O[C@H]7[C@H](O)[C@@H](O)[C@@H](O[C@@H]([C@@H]1O)[C@@H](CO)O2)O[C@@H]7CO)O[C@@H]6CO)O[C@@H]5CO)O[C@@H]4CO)O[C@@H]3CO. The van der Waals surface area contributed by atoms with Gasteiger partial charge in [0, 0.05) is 7.11 Å². The predicted molar refractivity (Wildman–Crippen MR) is 201 cm³/mol. The topological polar surface area (TPSA) is 464 Å². The lowest BCUT2D eigenvalue weighted by atomic mass is 9.94. The average molecular weight is 987 g/mol. The Balaban J connectivity index is 1.20. The van der Waals surface area contributed by atoms with Gasteiger partial charge in [0.2, 0.25) is 0 Å². The molecular weight excluding hydrogens is 924 g/mol. The molecule has 16 aliphatic heterocycles. The lowest BCUT2D eigenvalue weighted by molar-refractivity contribution is -0.404. The van der Waals surface area contributed by atoms with Crippen LogP contribution in [0.4, 0.5) is 0 Å². The second kappa shape index (κ2) is 22.7. The second-order valence-corrected chi connectivity index (χ2v) is 17.1. The smallest absolute Gasteiger partial charge is 0.187 e. The molecule has 30 nitrogen and oxygen atoms in total. The molecule has 16 heterocycles. The number of ether oxygens (including phenoxy) is 13. The Morgan fingerprint density at radius 1 is 0.254 bits per heavy atom. The summed E-state index contributed by atoms with van der Waals surface area (Å²) in [5, 5.41) is 186. The molecule has 16 fully saturated rings. The van der Waals surface area contributed by atoms with Gasteiger partial charge in [0.05, 0.1) is 39.6 Å². The van der Waals surface area contributed by atoms with Crippen molar-refractivity contribution in [3.05, 3.63) is 0 Å². The lowest BCUT2D eigenvalue weighted by Crippen LogP contribution is -2.69. The first-order chi connectivity index (χ1) is 32.0. The van der Waals surface area contributed by atoms with Crippen molar-refractivity contribution in [2.24, 2.45) is 0 Å². The van der Waals surface area contributed by atoms with Crippen LogP contribution in [0.3, 0.4) is 0 Å². The minimum atomic E-state index is -2.14. The molecule has 0 radical (unpaired) electrons. The van der Waals surface area contributed by atoms with Gasteiger partial charge in [-0.3, -0.25) is 0 Å². The Bertz CT molecular complexity index is 1530. The fourth-order valence-electron chi connectivity index (χ4n) is 9.16. The molecule has 30 atom stereocenters. The fourth-order valence-corrected chi connectivity index (χ4v) is 9.16. The van der Waals surface area contributed by atoms with Crippen molar-refractivity contribution < 1.29 is 148 Å². The van der Waals surface area contributed by atoms with E-state index in [9.17, 15) is 86.8 Å². The van der Waals surface area contributed by atoms with Gasteiger partial charge in [0.15, 0.2) is 37.7 Å². The third-order valence-corrected chi connectivity index (χ3v) is 12.9. The number of aliphatic hydroxyl groups is 17. The molecule has 390 valence electrons. The highest BCUT2D eigenvalue weighted by Gasteiger charge is 2.59. The third-order valence-electron chi connectivity index (χ3n) is 12.9. The molecule has 0 spiro atoms. The summed E-state index contributed by atoms with van der Waals surface area (Å²) in [5.41, 5.74) is 0. The normalized spacial score (nSPS) is 54.7. The number of aliphatic hydroxyl groups excluding tert-OH is 17. The minimum Gasteiger partial charge on any atom is -0.394 e. The van der Waals surface area contributed by atoms with E-state index in [2.05, 4.69) is 0 Å². The van der Waals surface area contributed by atoms with Crippen molar-refractivity contribution in [3.63, 3.8) is 0 Å². The molecule has 0 amide bonds. The summed E-state index contributed by atoms with van der Waals surface area (Å²) in [5.74, 6) is 0. The van der Waals surface area contributed by atoms with Crippen molar-refractivity contribution >= 4 is 0 Å². The summed E-state index contributed by atoms with van der Waals surface area (Å²) < 4.78 is 74.2. The van der Waals surface area contributed by atoms with Crippen LogP contribution in [0.5, 0.6) is 0 Å². The molecule has 0 unspecified atom stereocenters. The first-order valence-corrected chi connectivity index (χ1v) is 21.5. The molecular formula is C37H62O30. The largest absolute Gasteiger partial charge is 0.394 e. The van der Waals surface area contributed by atoms with Gasteiger partial charge in [-0.15, -0.1) is 0 Å². The van der Waals surface area contributed by atoms with Crippen LogP contribution in [-0.4, -0.2) is 318 Å². The van der Waals surface area contributed by atoms with Crippen LogP contribution in [0, 0.1) is 0 Å². The van der Waals surface area contributed by atoms with E-state index in [-0.39, 0.29) is 0 Å². The molecule has 0 aromatic heterocycles. The number of methoxy groups -OCH3 is 1. The van der Waals surface area contributed by atoms with Gasteiger partial charge in [-0.1, -0.05) is 0 Å². The van der Waals surface area contributed by atoms with Crippen LogP contribution in [-0.2, 0) is 61.6 Å².